The molecule has 0 amide bonds. The van der Waals surface area contributed by atoms with Gasteiger partial charge in [-0.25, -0.2) is 4.98 Å². The number of rotatable bonds is 6. The van der Waals surface area contributed by atoms with Gasteiger partial charge >= 0.3 is 0 Å². The van der Waals surface area contributed by atoms with Crippen molar-refractivity contribution in [2.45, 2.75) is 6.54 Å². The molecule has 2 aromatic heterocycles. The molecular formula is C16H22ClN5O. The highest BCUT2D eigenvalue weighted by molar-refractivity contribution is 6.31. The smallest absolute Gasteiger partial charge is 0.232 e. The van der Waals surface area contributed by atoms with Crippen molar-refractivity contribution in [3.8, 4) is 5.88 Å². The molecule has 0 saturated carbocycles. The second-order valence-electron chi connectivity index (χ2n) is 5.08. The Bertz CT molecular complexity index is 655. The molecule has 23 heavy (non-hydrogen) atoms. The number of aryl methyl sites for hydroxylation is 1. The fraction of sp³-hybridized carbons (Fsp3) is 0.375. The minimum Gasteiger partial charge on any atom is -0.475 e. The Morgan fingerprint density at radius 1 is 1.43 bits per heavy atom. The lowest BCUT2D eigenvalue weighted by Crippen LogP contribution is -2.40. The van der Waals surface area contributed by atoms with Crippen LogP contribution in [-0.2, 0) is 13.6 Å². The van der Waals surface area contributed by atoms with Crippen LogP contribution in [0.5, 0.6) is 5.88 Å². The quantitative estimate of drug-likeness (QED) is 0.499. The number of ether oxygens (including phenoxy) is 1. The second kappa shape index (κ2) is 8.43. The summed E-state index contributed by atoms with van der Waals surface area (Å²) in [6, 6.07) is 7.65. The lowest BCUT2D eigenvalue weighted by molar-refractivity contribution is 0.307. The highest BCUT2D eigenvalue weighted by atomic mass is 35.5. The average molecular weight is 336 g/mol. The summed E-state index contributed by atoms with van der Waals surface area (Å²) in [6.45, 7) is 1.83. The Balaban J connectivity index is 1.79. The maximum absolute atomic E-state index is 6.00. The van der Waals surface area contributed by atoms with Crippen molar-refractivity contribution >= 4 is 17.6 Å². The van der Waals surface area contributed by atoms with E-state index in [1.807, 2.05) is 26.4 Å². The Morgan fingerprint density at radius 2 is 2.26 bits per heavy atom. The maximum atomic E-state index is 6.00. The third-order valence-corrected chi connectivity index (χ3v) is 3.66. The first-order chi connectivity index (χ1) is 11.1. The molecule has 0 radical (unpaired) electrons. The van der Waals surface area contributed by atoms with Gasteiger partial charge in [0.2, 0.25) is 5.88 Å². The Kier molecular flexibility index (Phi) is 6.29. The number of nitrogens with zero attached hydrogens (tertiary/aromatic N) is 4. The maximum Gasteiger partial charge on any atom is 0.232 e. The highest BCUT2D eigenvalue weighted by Crippen LogP contribution is 2.19. The van der Waals surface area contributed by atoms with E-state index in [-0.39, 0.29) is 0 Å². The number of nitrogens with one attached hydrogen (secondary N) is 1. The molecule has 2 aromatic rings. The van der Waals surface area contributed by atoms with Gasteiger partial charge in [0.15, 0.2) is 5.96 Å². The summed E-state index contributed by atoms with van der Waals surface area (Å²) < 4.78 is 7.65. The van der Waals surface area contributed by atoms with Crippen LogP contribution in [0.15, 0.2) is 41.7 Å². The summed E-state index contributed by atoms with van der Waals surface area (Å²) in [5.74, 6) is 1.25. The fourth-order valence-electron chi connectivity index (χ4n) is 2.15. The van der Waals surface area contributed by atoms with Crippen LogP contribution >= 0.6 is 11.6 Å². The van der Waals surface area contributed by atoms with Crippen molar-refractivity contribution in [1.82, 2.24) is 19.8 Å². The molecule has 2 heterocycles. The average Bonchev–Trinajstić information content (AvgIpc) is 2.94. The molecule has 0 spiro atoms. The molecule has 0 unspecified atom stereocenters. The first-order valence-corrected chi connectivity index (χ1v) is 7.75. The third-order valence-electron chi connectivity index (χ3n) is 3.37. The van der Waals surface area contributed by atoms with Crippen LogP contribution in [0.4, 0.5) is 0 Å². The van der Waals surface area contributed by atoms with Crippen molar-refractivity contribution in [3.05, 3.63) is 47.4 Å². The van der Waals surface area contributed by atoms with E-state index in [1.54, 1.807) is 25.4 Å². The third kappa shape index (κ3) is 4.89. The van der Waals surface area contributed by atoms with Gasteiger partial charge in [0.25, 0.3) is 0 Å². The van der Waals surface area contributed by atoms with Crippen molar-refractivity contribution < 1.29 is 4.74 Å². The second-order valence-corrected chi connectivity index (χ2v) is 5.49. The van der Waals surface area contributed by atoms with Crippen molar-refractivity contribution in [3.63, 3.8) is 0 Å². The van der Waals surface area contributed by atoms with Crippen LogP contribution in [0.1, 0.15) is 5.69 Å². The largest absolute Gasteiger partial charge is 0.475 e. The number of guanidine groups is 1. The number of hydrogen-bond acceptors (Lipinski definition) is 3. The lowest BCUT2D eigenvalue weighted by atomic mass is 10.4. The summed E-state index contributed by atoms with van der Waals surface area (Å²) in [4.78, 5) is 10.4. The van der Waals surface area contributed by atoms with Crippen LogP contribution in [0, 0.1) is 0 Å². The normalized spacial score (nSPS) is 11.4. The van der Waals surface area contributed by atoms with Gasteiger partial charge in [-0.1, -0.05) is 11.6 Å². The molecule has 0 bridgehead atoms. The molecule has 7 heteroatoms. The molecule has 0 aliphatic carbocycles. The van der Waals surface area contributed by atoms with E-state index >= 15 is 0 Å². The van der Waals surface area contributed by atoms with Crippen molar-refractivity contribution in [2.24, 2.45) is 12.0 Å². The Morgan fingerprint density at radius 3 is 2.91 bits per heavy atom. The molecule has 0 aromatic carbocycles. The van der Waals surface area contributed by atoms with Crippen molar-refractivity contribution in [2.75, 3.05) is 27.2 Å². The number of aliphatic imine (C=N–C) groups is 1. The molecular weight excluding hydrogens is 314 g/mol. The minimum absolute atomic E-state index is 0.447. The van der Waals surface area contributed by atoms with E-state index in [4.69, 9.17) is 16.3 Å². The number of pyridine rings is 1. The van der Waals surface area contributed by atoms with Gasteiger partial charge in [-0.3, -0.25) is 4.99 Å². The van der Waals surface area contributed by atoms with Crippen LogP contribution < -0.4 is 10.1 Å². The summed E-state index contributed by atoms with van der Waals surface area (Å²) in [6.07, 6.45) is 3.69. The molecule has 0 fully saturated rings. The monoisotopic (exact) mass is 335 g/mol. The Labute approximate surface area is 141 Å². The Hall–Kier alpha value is -2.21. The standard InChI is InChI=1S/C16H22ClN5O/c1-18-16(22(3)12-13-6-5-10-21(13)2)20-9-11-23-15-14(17)7-4-8-19-15/h4-8,10H,9,11-12H2,1-3H3,(H,18,20). The summed E-state index contributed by atoms with van der Waals surface area (Å²) in [7, 11) is 5.79. The summed E-state index contributed by atoms with van der Waals surface area (Å²) in [5, 5.41) is 3.77. The van der Waals surface area contributed by atoms with Crippen LogP contribution in [0.25, 0.3) is 0 Å². The molecule has 0 saturated heterocycles. The predicted molar refractivity (Wildman–Crippen MR) is 93.0 cm³/mol. The summed E-state index contributed by atoms with van der Waals surface area (Å²) >= 11 is 6.00. The van der Waals surface area contributed by atoms with Gasteiger partial charge in [0.1, 0.15) is 11.6 Å². The molecule has 2 rings (SSSR count). The van der Waals surface area contributed by atoms with E-state index in [1.165, 1.54) is 5.69 Å². The number of halogens is 1. The van der Waals surface area contributed by atoms with E-state index in [2.05, 4.69) is 30.8 Å². The summed E-state index contributed by atoms with van der Waals surface area (Å²) in [5.41, 5.74) is 1.21. The van der Waals surface area contributed by atoms with Crippen LogP contribution in [0.2, 0.25) is 5.02 Å². The SMILES string of the molecule is CN=C(NCCOc1ncccc1Cl)N(C)Cc1cccn1C. The van der Waals surface area contributed by atoms with Crippen LogP contribution in [0.3, 0.4) is 0 Å². The van der Waals surface area contributed by atoms with Gasteiger partial charge in [0, 0.05) is 39.2 Å². The van der Waals surface area contributed by atoms with Gasteiger partial charge < -0.3 is 19.5 Å². The van der Waals surface area contributed by atoms with Gasteiger partial charge in [-0.15, -0.1) is 0 Å². The zero-order chi connectivity index (χ0) is 16.7. The zero-order valence-corrected chi connectivity index (χ0v) is 14.4. The molecule has 0 aliphatic heterocycles. The first kappa shape index (κ1) is 17.1. The molecule has 124 valence electrons. The van der Waals surface area contributed by atoms with Crippen molar-refractivity contribution in [1.29, 1.82) is 0 Å². The number of aromatic nitrogens is 2. The molecule has 0 atom stereocenters. The highest BCUT2D eigenvalue weighted by Gasteiger charge is 2.08. The topological polar surface area (TPSA) is 54.7 Å². The first-order valence-electron chi connectivity index (χ1n) is 7.37. The predicted octanol–water partition coefficient (Wildman–Crippen LogP) is 2.16. The van der Waals surface area contributed by atoms with Gasteiger partial charge in [0.05, 0.1) is 13.1 Å². The lowest BCUT2D eigenvalue weighted by Gasteiger charge is -2.22. The van der Waals surface area contributed by atoms with Crippen LogP contribution in [-0.4, -0.2) is 47.7 Å². The minimum atomic E-state index is 0.447. The fourth-order valence-corrected chi connectivity index (χ4v) is 2.33. The van der Waals surface area contributed by atoms with E-state index in [0.717, 1.165) is 12.5 Å². The molecule has 1 N–H and O–H groups in total. The molecule has 0 aliphatic rings. The zero-order valence-electron chi connectivity index (χ0n) is 13.7. The van der Waals surface area contributed by atoms with E-state index in [9.17, 15) is 0 Å². The van der Waals surface area contributed by atoms with Gasteiger partial charge in [-0.05, 0) is 24.3 Å². The molecule has 6 nitrogen and oxygen atoms in total. The number of hydrogen-bond donors (Lipinski definition) is 1. The van der Waals surface area contributed by atoms with E-state index in [0.29, 0.717) is 24.1 Å². The van der Waals surface area contributed by atoms with Gasteiger partial charge in [-0.2, -0.15) is 0 Å². The van der Waals surface area contributed by atoms with E-state index < -0.39 is 0 Å².